The molecule has 5 heteroatoms. The molecular weight excluding hydrogens is 244 g/mol. The molecule has 2 rings (SSSR count). The molecule has 19 heavy (non-hydrogen) atoms. The molecule has 0 unspecified atom stereocenters. The second-order valence-corrected chi connectivity index (χ2v) is 4.30. The second-order valence-electron chi connectivity index (χ2n) is 4.30. The van der Waals surface area contributed by atoms with Gasteiger partial charge < -0.3 is 9.26 Å². The monoisotopic (exact) mass is 260 g/mol. The zero-order valence-corrected chi connectivity index (χ0v) is 11.0. The van der Waals surface area contributed by atoms with Crippen molar-refractivity contribution in [2.45, 2.75) is 33.3 Å². The maximum absolute atomic E-state index is 11.0. The molecule has 0 fully saturated rings. The number of aldehydes is 1. The van der Waals surface area contributed by atoms with Crippen LogP contribution in [-0.4, -0.2) is 16.4 Å². The van der Waals surface area contributed by atoms with Crippen LogP contribution in [0.1, 0.15) is 41.0 Å². The maximum Gasteiger partial charge on any atom is 0.226 e. The van der Waals surface area contributed by atoms with Crippen molar-refractivity contribution in [3.63, 3.8) is 0 Å². The highest BCUT2D eigenvalue weighted by Crippen LogP contribution is 2.19. The van der Waals surface area contributed by atoms with Crippen LogP contribution in [0.15, 0.2) is 22.7 Å². The Balaban J connectivity index is 2.03. The van der Waals surface area contributed by atoms with Crippen LogP contribution in [0.3, 0.4) is 0 Å². The van der Waals surface area contributed by atoms with Crippen LogP contribution >= 0.6 is 0 Å². The summed E-state index contributed by atoms with van der Waals surface area (Å²) in [6.45, 7) is 4.16. The molecule has 0 N–H and O–H groups in total. The van der Waals surface area contributed by atoms with Crippen LogP contribution in [0.5, 0.6) is 5.75 Å². The van der Waals surface area contributed by atoms with Gasteiger partial charge in [-0.25, -0.2) is 0 Å². The predicted molar refractivity (Wildman–Crippen MR) is 69.2 cm³/mol. The van der Waals surface area contributed by atoms with Crippen LogP contribution in [0, 0.1) is 6.92 Å². The molecule has 0 saturated carbocycles. The van der Waals surface area contributed by atoms with Crippen molar-refractivity contribution in [1.82, 2.24) is 10.1 Å². The summed E-state index contributed by atoms with van der Waals surface area (Å²) in [6.07, 6.45) is 2.49. The summed E-state index contributed by atoms with van der Waals surface area (Å²) in [4.78, 5) is 15.1. The summed E-state index contributed by atoms with van der Waals surface area (Å²) in [5.41, 5.74) is 1.54. The van der Waals surface area contributed by atoms with Gasteiger partial charge in [0.05, 0.1) is 5.56 Å². The van der Waals surface area contributed by atoms with Crippen LogP contribution in [0.4, 0.5) is 0 Å². The van der Waals surface area contributed by atoms with E-state index >= 15 is 0 Å². The van der Waals surface area contributed by atoms with Gasteiger partial charge in [0.1, 0.15) is 5.75 Å². The van der Waals surface area contributed by atoms with Gasteiger partial charge >= 0.3 is 0 Å². The number of aromatic nitrogens is 2. The van der Waals surface area contributed by atoms with E-state index in [0.29, 0.717) is 23.0 Å². The Labute approximate surface area is 111 Å². The molecule has 1 heterocycles. The lowest BCUT2D eigenvalue weighted by atomic mass is 10.1. The first-order chi connectivity index (χ1) is 9.22. The maximum atomic E-state index is 11.0. The van der Waals surface area contributed by atoms with Crippen molar-refractivity contribution in [3.8, 4) is 5.75 Å². The zero-order valence-electron chi connectivity index (χ0n) is 11.0. The number of aryl methyl sites for hydroxylation is 2. The van der Waals surface area contributed by atoms with E-state index in [9.17, 15) is 4.79 Å². The highest BCUT2D eigenvalue weighted by Gasteiger charge is 2.08. The largest absolute Gasteiger partial charge is 0.485 e. The van der Waals surface area contributed by atoms with Gasteiger partial charge in [-0.3, -0.25) is 4.79 Å². The minimum Gasteiger partial charge on any atom is -0.485 e. The lowest BCUT2D eigenvalue weighted by molar-refractivity contribution is 0.111. The third kappa shape index (κ3) is 3.40. The first-order valence-electron chi connectivity index (χ1n) is 6.23. The molecule has 0 aliphatic heterocycles. The van der Waals surface area contributed by atoms with E-state index in [1.54, 1.807) is 12.1 Å². The number of nitrogens with zero attached hydrogens (tertiary/aromatic N) is 2. The predicted octanol–water partition coefficient (Wildman–Crippen LogP) is 2.72. The molecule has 0 amide bonds. The van der Waals surface area contributed by atoms with E-state index < -0.39 is 0 Å². The molecule has 0 aliphatic rings. The second kappa shape index (κ2) is 6.13. The summed E-state index contributed by atoms with van der Waals surface area (Å²) >= 11 is 0. The van der Waals surface area contributed by atoms with Crippen LogP contribution < -0.4 is 4.74 Å². The summed E-state index contributed by atoms with van der Waals surface area (Å²) in [5, 5.41) is 3.82. The third-order valence-electron chi connectivity index (χ3n) is 2.62. The number of carbonyl (C=O) groups is 1. The number of rotatable bonds is 6. The number of carbonyl (C=O) groups excluding carboxylic acids is 1. The quantitative estimate of drug-likeness (QED) is 0.747. The molecule has 0 aliphatic carbocycles. The average Bonchev–Trinajstić information content (AvgIpc) is 2.85. The fourth-order valence-corrected chi connectivity index (χ4v) is 1.70. The third-order valence-corrected chi connectivity index (χ3v) is 2.62. The lowest BCUT2D eigenvalue weighted by Gasteiger charge is -2.06. The molecule has 0 atom stereocenters. The topological polar surface area (TPSA) is 65.2 Å². The van der Waals surface area contributed by atoms with Crippen molar-refractivity contribution in [2.24, 2.45) is 0 Å². The molecule has 1 aromatic heterocycles. The molecule has 0 radical (unpaired) electrons. The molecule has 100 valence electrons. The van der Waals surface area contributed by atoms with Gasteiger partial charge in [0.15, 0.2) is 12.9 Å². The molecule has 0 saturated heterocycles. The Morgan fingerprint density at radius 3 is 3.00 bits per heavy atom. The van der Waals surface area contributed by atoms with Crippen molar-refractivity contribution in [2.75, 3.05) is 0 Å². The van der Waals surface area contributed by atoms with Crippen LogP contribution in [-0.2, 0) is 13.0 Å². The van der Waals surface area contributed by atoms with Crippen molar-refractivity contribution in [3.05, 3.63) is 41.0 Å². The van der Waals surface area contributed by atoms with Gasteiger partial charge in [0, 0.05) is 6.42 Å². The number of benzene rings is 1. The molecular formula is C14H16N2O3. The van der Waals surface area contributed by atoms with E-state index in [4.69, 9.17) is 9.26 Å². The first kappa shape index (κ1) is 13.3. The Morgan fingerprint density at radius 1 is 1.42 bits per heavy atom. The number of ether oxygens (including phenoxy) is 1. The zero-order chi connectivity index (χ0) is 13.7. The SMILES string of the molecule is CCCc1nc(COc2ccc(C)cc2C=O)no1. The van der Waals surface area contributed by atoms with E-state index in [0.717, 1.165) is 24.7 Å². The van der Waals surface area contributed by atoms with Gasteiger partial charge in [-0.05, 0) is 25.5 Å². The van der Waals surface area contributed by atoms with Gasteiger partial charge in [0.2, 0.25) is 11.7 Å². The van der Waals surface area contributed by atoms with Crippen molar-refractivity contribution < 1.29 is 14.1 Å². The Kier molecular flexibility index (Phi) is 4.28. The molecule has 1 aromatic carbocycles. The normalized spacial score (nSPS) is 10.4. The Bertz CT molecular complexity index is 564. The van der Waals surface area contributed by atoms with E-state index in [1.807, 2.05) is 19.9 Å². The van der Waals surface area contributed by atoms with Crippen molar-refractivity contribution in [1.29, 1.82) is 0 Å². The minimum absolute atomic E-state index is 0.192. The minimum atomic E-state index is 0.192. The summed E-state index contributed by atoms with van der Waals surface area (Å²) < 4.78 is 10.6. The van der Waals surface area contributed by atoms with Gasteiger partial charge in [-0.1, -0.05) is 23.7 Å². The fraction of sp³-hybridized carbons (Fsp3) is 0.357. The van der Waals surface area contributed by atoms with Crippen molar-refractivity contribution >= 4 is 6.29 Å². The summed E-state index contributed by atoms with van der Waals surface area (Å²) in [7, 11) is 0. The molecule has 0 spiro atoms. The lowest BCUT2D eigenvalue weighted by Crippen LogP contribution is -2.00. The molecule has 2 aromatic rings. The smallest absolute Gasteiger partial charge is 0.226 e. The van der Waals surface area contributed by atoms with Crippen LogP contribution in [0.25, 0.3) is 0 Å². The average molecular weight is 260 g/mol. The molecule has 5 nitrogen and oxygen atoms in total. The van der Waals surface area contributed by atoms with Gasteiger partial charge in [-0.15, -0.1) is 0 Å². The number of hydrogen-bond acceptors (Lipinski definition) is 5. The van der Waals surface area contributed by atoms with E-state index in [1.165, 1.54) is 0 Å². The van der Waals surface area contributed by atoms with Crippen LogP contribution in [0.2, 0.25) is 0 Å². The van der Waals surface area contributed by atoms with Gasteiger partial charge in [0.25, 0.3) is 0 Å². The highest BCUT2D eigenvalue weighted by atomic mass is 16.5. The molecule has 0 bridgehead atoms. The Hall–Kier alpha value is -2.17. The highest BCUT2D eigenvalue weighted by molar-refractivity contribution is 5.79. The standard InChI is InChI=1S/C14H16N2O3/c1-3-4-14-15-13(16-19-14)9-18-12-6-5-10(2)7-11(12)8-17/h5-8H,3-4,9H2,1-2H3. The fourth-order valence-electron chi connectivity index (χ4n) is 1.70. The Morgan fingerprint density at radius 2 is 2.26 bits per heavy atom. The van der Waals surface area contributed by atoms with Gasteiger partial charge in [-0.2, -0.15) is 4.98 Å². The first-order valence-corrected chi connectivity index (χ1v) is 6.23. The van der Waals surface area contributed by atoms with E-state index in [-0.39, 0.29) is 6.61 Å². The summed E-state index contributed by atoms with van der Waals surface area (Å²) in [6, 6.07) is 5.44. The van der Waals surface area contributed by atoms with E-state index in [2.05, 4.69) is 10.1 Å². The number of hydrogen-bond donors (Lipinski definition) is 0. The summed E-state index contributed by atoms with van der Waals surface area (Å²) in [5.74, 6) is 1.63.